The van der Waals surface area contributed by atoms with E-state index in [0.717, 1.165) is 36.9 Å². The Hall–Kier alpha value is -1.59. The number of nitrogens with two attached hydrogens (primary N) is 1. The molecule has 5 heteroatoms. The highest BCUT2D eigenvalue weighted by atomic mass is 16.5. The monoisotopic (exact) mass is 291 g/mol. The van der Waals surface area contributed by atoms with Crippen molar-refractivity contribution in [3.05, 3.63) is 29.8 Å². The van der Waals surface area contributed by atoms with E-state index in [4.69, 9.17) is 10.5 Å². The maximum absolute atomic E-state index is 11.7. The Balaban J connectivity index is 1.59. The Morgan fingerprint density at radius 1 is 1.33 bits per heavy atom. The Morgan fingerprint density at radius 3 is 2.81 bits per heavy atom. The summed E-state index contributed by atoms with van der Waals surface area (Å²) in [7, 11) is 0. The van der Waals surface area contributed by atoms with Gasteiger partial charge in [-0.15, -0.1) is 0 Å². The quantitative estimate of drug-likeness (QED) is 0.729. The fraction of sp³-hybridized carbons (Fsp3) is 0.562. The Morgan fingerprint density at radius 2 is 2.10 bits per heavy atom. The van der Waals surface area contributed by atoms with E-state index in [1.165, 1.54) is 0 Å². The van der Waals surface area contributed by atoms with Gasteiger partial charge in [0.15, 0.2) is 0 Å². The van der Waals surface area contributed by atoms with E-state index in [1.807, 2.05) is 31.2 Å². The van der Waals surface area contributed by atoms with Crippen LogP contribution in [0.15, 0.2) is 24.3 Å². The molecule has 1 aromatic carbocycles. The molecule has 0 radical (unpaired) electrons. The van der Waals surface area contributed by atoms with E-state index in [0.29, 0.717) is 25.3 Å². The largest absolute Gasteiger partial charge is 0.376 e. The van der Waals surface area contributed by atoms with Crippen LogP contribution < -0.4 is 16.4 Å². The lowest BCUT2D eigenvalue weighted by Crippen LogP contribution is -2.34. The first-order chi connectivity index (χ1) is 10.1. The number of ether oxygens (including phenoxy) is 1. The van der Waals surface area contributed by atoms with Crippen LogP contribution in [0, 0.1) is 6.92 Å². The summed E-state index contributed by atoms with van der Waals surface area (Å²) in [4.78, 5) is 11.7. The fourth-order valence-electron chi connectivity index (χ4n) is 2.54. The van der Waals surface area contributed by atoms with Gasteiger partial charge in [-0.05, 0) is 50.3 Å². The highest BCUT2D eigenvalue weighted by Gasteiger charge is 2.18. The molecule has 116 valence electrons. The van der Waals surface area contributed by atoms with E-state index >= 15 is 0 Å². The van der Waals surface area contributed by atoms with Gasteiger partial charge in [-0.1, -0.05) is 12.1 Å². The van der Waals surface area contributed by atoms with Crippen molar-refractivity contribution in [2.24, 2.45) is 5.73 Å². The molecular formula is C16H25N3O2. The Bertz CT molecular complexity index is 457. The number of benzene rings is 1. The molecule has 1 aliphatic rings. The number of hydrogen-bond acceptors (Lipinski definition) is 3. The topological polar surface area (TPSA) is 76.4 Å². The molecule has 1 aliphatic carbocycles. The lowest BCUT2D eigenvalue weighted by molar-refractivity contribution is 0.0280. The molecule has 0 spiro atoms. The predicted molar refractivity (Wildman–Crippen MR) is 84.4 cm³/mol. The van der Waals surface area contributed by atoms with Crippen molar-refractivity contribution in [2.45, 2.75) is 44.8 Å². The minimum atomic E-state index is -0.199. The van der Waals surface area contributed by atoms with Crippen LogP contribution in [-0.2, 0) is 4.74 Å². The summed E-state index contributed by atoms with van der Waals surface area (Å²) in [5, 5.41) is 5.60. The summed E-state index contributed by atoms with van der Waals surface area (Å²) < 4.78 is 5.75. The molecule has 0 aromatic heterocycles. The van der Waals surface area contributed by atoms with Crippen LogP contribution in [-0.4, -0.2) is 31.3 Å². The molecule has 0 saturated heterocycles. The zero-order valence-electron chi connectivity index (χ0n) is 12.6. The zero-order valence-corrected chi connectivity index (χ0v) is 12.6. The van der Waals surface area contributed by atoms with Crippen molar-refractivity contribution in [3.8, 4) is 0 Å². The van der Waals surface area contributed by atoms with E-state index in [9.17, 15) is 4.79 Å². The second-order valence-corrected chi connectivity index (χ2v) is 5.66. The van der Waals surface area contributed by atoms with Gasteiger partial charge in [-0.25, -0.2) is 4.79 Å². The number of nitrogens with one attached hydrogen (secondary N) is 2. The van der Waals surface area contributed by atoms with Crippen molar-refractivity contribution >= 4 is 11.7 Å². The number of urea groups is 1. The molecule has 5 nitrogen and oxygen atoms in total. The molecule has 1 fully saturated rings. The third-order valence-electron chi connectivity index (χ3n) is 3.74. The maximum Gasteiger partial charge on any atom is 0.319 e. The number of hydrogen-bond donors (Lipinski definition) is 3. The van der Waals surface area contributed by atoms with E-state index in [2.05, 4.69) is 10.6 Å². The van der Waals surface area contributed by atoms with Gasteiger partial charge < -0.3 is 21.1 Å². The fourth-order valence-corrected chi connectivity index (χ4v) is 2.54. The number of carbonyl (C=O) groups excluding carboxylic acids is 1. The molecule has 0 atom stereocenters. The van der Waals surface area contributed by atoms with Crippen molar-refractivity contribution in [2.75, 3.05) is 18.5 Å². The highest BCUT2D eigenvalue weighted by molar-refractivity contribution is 5.89. The van der Waals surface area contributed by atoms with Gasteiger partial charge >= 0.3 is 6.03 Å². The van der Waals surface area contributed by atoms with Gasteiger partial charge in [0.25, 0.3) is 0 Å². The SMILES string of the molecule is Cc1cccc(NC(=O)NCCOC2CCC(N)CC2)c1. The lowest BCUT2D eigenvalue weighted by Gasteiger charge is -2.26. The van der Waals surface area contributed by atoms with Crippen molar-refractivity contribution in [1.82, 2.24) is 5.32 Å². The molecule has 2 rings (SSSR count). The van der Waals surface area contributed by atoms with E-state index < -0.39 is 0 Å². The number of aryl methyl sites for hydroxylation is 1. The first-order valence-corrected chi connectivity index (χ1v) is 7.62. The molecular weight excluding hydrogens is 266 g/mol. The first-order valence-electron chi connectivity index (χ1n) is 7.62. The summed E-state index contributed by atoms with van der Waals surface area (Å²) in [5.74, 6) is 0. The van der Waals surface area contributed by atoms with Crippen LogP contribution in [0.2, 0.25) is 0 Å². The van der Waals surface area contributed by atoms with Gasteiger partial charge in [0, 0.05) is 18.3 Å². The first kappa shape index (κ1) is 15.8. The normalized spacial score (nSPS) is 21.8. The predicted octanol–water partition coefficient (Wildman–Crippen LogP) is 2.40. The van der Waals surface area contributed by atoms with E-state index in [1.54, 1.807) is 0 Å². The van der Waals surface area contributed by atoms with Crippen LogP contribution in [0.1, 0.15) is 31.2 Å². The molecule has 0 heterocycles. The highest BCUT2D eigenvalue weighted by Crippen LogP contribution is 2.19. The van der Waals surface area contributed by atoms with Gasteiger partial charge in [0.2, 0.25) is 0 Å². The van der Waals surface area contributed by atoms with Gasteiger partial charge in [0.05, 0.1) is 12.7 Å². The second kappa shape index (κ2) is 8.00. The average molecular weight is 291 g/mol. The number of amides is 2. The molecule has 1 saturated carbocycles. The third-order valence-corrected chi connectivity index (χ3v) is 3.74. The van der Waals surface area contributed by atoms with E-state index in [-0.39, 0.29) is 6.03 Å². The molecule has 1 aromatic rings. The molecule has 4 N–H and O–H groups in total. The summed E-state index contributed by atoms with van der Waals surface area (Å²) in [5.41, 5.74) is 7.77. The molecule has 21 heavy (non-hydrogen) atoms. The van der Waals surface area contributed by atoms with Crippen LogP contribution in [0.5, 0.6) is 0 Å². The van der Waals surface area contributed by atoms with Crippen LogP contribution in [0.25, 0.3) is 0 Å². The summed E-state index contributed by atoms with van der Waals surface area (Å²) in [6, 6.07) is 7.85. The molecule has 0 unspecified atom stereocenters. The summed E-state index contributed by atoms with van der Waals surface area (Å²) in [6.07, 6.45) is 4.41. The molecule has 0 aliphatic heterocycles. The third kappa shape index (κ3) is 5.73. The zero-order chi connectivity index (χ0) is 15.1. The Kier molecular flexibility index (Phi) is 6.02. The number of anilines is 1. The van der Waals surface area contributed by atoms with Crippen LogP contribution in [0.3, 0.4) is 0 Å². The van der Waals surface area contributed by atoms with Crippen molar-refractivity contribution in [3.63, 3.8) is 0 Å². The minimum Gasteiger partial charge on any atom is -0.376 e. The minimum absolute atomic E-state index is 0.199. The molecule has 2 amide bonds. The average Bonchev–Trinajstić information content (AvgIpc) is 2.45. The van der Waals surface area contributed by atoms with Crippen molar-refractivity contribution < 1.29 is 9.53 Å². The van der Waals surface area contributed by atoms with Crippen LogP contribution >= 0.6 is 0 Å². The summed E-state index contributed by atoms with van der Waals surface area (Å²) in [6.45, 7) is 3.05. The number of carbonyl (C=O) groups is 1. The lowest BCUT2D eigenvalue weighted by atomic mass is 9.94. The maximum atomic E-state index is 11.7. The van der Waals surface area contributed by atoms with Gasteiger partial charge in [-0.3, -0.25) is 0 Å². The van der Waals surface area contributed by atoms with Crippen LogP contribution in [0.4, 0.5) is 10.5 Å². The van der Waals surface area contributed by atoms with Gasteiger partial charge in [-0.2, -0.15) is 0 Å². The van der Waals surface area contributed by atoms with Gasteiger partial charge in [0.1, 0.15) is 0 Å². The number of rotatable bonds is 5. The van der Waals surface area contributed by atoms with Crippen molar-refractivity contribution in [1.29, 1.82) is 0 Å². The smallest absolute Gasteiger partial charge is 0.319 e. The Labute approximate surface area is 126 Å². The standard InChI is InChI=1S/C16H25N3O2/c1-12-3-2-4-14(11-12)19-16(20)18-9-10-21-15-7-5-13(17)6-8-15/h2-4,11,13,15H,5-10,17H2,1H3,(H2,18,19,20). The summed E-state index contributed by atoms with van der Waals surface area (Å²) >= 11 is 0. The molecule has 0 bridgehead atoms. The second-order valence-electron chi connectivity index (χ2n) is 5.66.